The Morgan fingerprint density at radius 1 is 0.395 bits per heavy atom. The Morgan fingerprint density at radius 3 is 1.45 bits per heavy atom. The second kappa shape index (κ2) is 10.2. The Labute approximate surface area is 222 Å². The largest absolute Gasteiger partial charge is 0.256 e. The number of benzene rings is 4. The molecule has 0 spiro atoms. The van der Waals surface area contributed by atoms with Gasteiger partial charge in [0.15, 0.2) is 17.5 Å². The predicted molar refractivity (Wildman–Crippen MR) is 154 cm³/mol. The van der Waals surface area contributed by atoms with Crippen LogP contribution in [0, 0.1) is 13.8 Å². The molecule has 0 radical (unpaired) electrons. The van der Waals surface area contributed by atoms with Crippen LogP contribution < -0.4 is 0 Å². The highest BCUT2D eigenvalue weighted by molar-refractivity contribution is 5.74. The molecule has 0 unspecified atom stereocenters. The minimum absolute atomic E-state index is 0.651. The van der Waals surface area contributed by atoms with E-state index in [-0.39, 0.29) is 0 Å². The molecule has 0 N–H and O–H groups in total. The summed E-state index contributed by atoms with van der Waals surface area (Å²) in [6.07, 6.45) is 1.82. The van der Waals surface area contributed by atoms with E-state index in [9.17, 15) is 0 Å². The van der Waals surface area contributed by atoms with E-state index in [0.717, 1.165) is 39.1 Å². The molecule has 2 heterocycles. The van der Waals surface area contributed by atoms with Crippen molar-refractivity contribution in [1.29, 1.82) is 0 Å². The molecule has 2 aromatic heterocycles. The van der Waals surface area contributed by atoms with E-state index in [1.165, 1.54) is 11.1 Å². The average Bonchev–Trinajstić information content (AvgIpc) is 2.98. The topological polar surface area (TPSA) is 51.6 Å². The van der Waals surface area contributed by atoms with E-state index in [1.54, 1.807) is 0 Å². The third-order valence-corrected chi connectivity index (χ3v) is 6.55. The molecule has 0 saturated carbocycles. The lowest BCUT2D eigenvalue weighted by Crippen LogP contribution is -2.00. The van der Waals surface area contributed by atoms with Gasteiger partial charge in [0.05, 0.1) is 5.69 Å². The lowest BCUT2D eigenvalue weighted by Gasteiger charge is -2.10. The average molecular weight is 491 g/mol. The molecule has 4 heteroatoms. The van der Waals surface area contributed by atoms with Crippen LogP contribution in [0.25, 0.3) is 56.5 Å². The molecule has 0 aliphatic carbocycles. The minimum atomic E-state index is 0.651. The molecule has 4 aromatic carbocycles. The fourth-order valence-corrected chi connectivity index (χ4v) is 4.37. The van der Waals surface area contributed by atoms with Crippen LogP contribution in [0.1, 0.15) is 11.1 Å². The molecule has 0 saturated heterocycles. The zero-order chi connectivity index (χ0) is 25.9. The molecule has 38 heavy (non-hydrogen) atoms. The number of aryl methyl sites for hydroxylation is 2. The van der Waals surface area contributed by atoms with Crippen molar-refractivity contribution in [3.8, 4) is 56.5 Å². The molecular formula is C34H26N4. The number of nitrogens with zero attached hydrogens (tertiary/aromatic N) is 4. The first-order valence-electron chi connectivity index (χ1n) is 12.6. The van der Waals surface area contributed by atoms with Gasteiger partial charge in [-0.3, -0.25) is 4.98 Å². The standard InChI is InChI=1S/C34H26N4/c1-23-9-13-27(14-10-23)32-36-33(28-15-11-24(2)12-16-28)38-34(37-32)30-7-5-6-29(22-30)25-17-19-26(20-18-25)31-8-3-4-21-35-31/h3-22H,1-2H3. The van der Waals surface area contributed by atoms with Crippen LogP contribution >= 0.6 is 0 Å². The van der Waals surface area contributed by atoms with Gasteiger partial charge in [-0.2, -0.15) is 0 Å². The van der Waals surface area contributed by atoms with Crippen molar-refractivity contribution < 1.29 is 0 Å². The highest BCUT2D eigenvalue weighted by Crippen LogP contribution is 2.29. The first kappa shape index (κ1) is 23.4. The van der Waals surface area contributed by atoms with Crippen LogP contribution in [0.2, 0.25) is 0 Å². The second-order valence-electron chi connectivity index (χ2n) is 9.41. The van der Waals surface area contributed by atoms with Crippen molar-refractivity contribution >= 4 is 0 Å². The maximum atomic E-state index is 4.90. The second-order valence-corrected chi connectivity index (χ2v) is 9.41. The smallest absolute Gasteiger partial charge is 0.164 e. The number of hydrogen-bond donors (Lipinski definition) is 0. The molecule has 0 bridgehead atoms. The van der Waals surface area contributed by atoms with Gasteiger partial charge in [0.1, 0.15) is 0 Å². The molecular weight excluding hydrogens is 464 g/mol. The lowest BCUT2D eigenvalue weighted by atomic mass is 10.0. The van der Waals surface area contributed by atoms with Crippen molar-refractivity contribution in [3.63, 3.8) is 0 Å². The maximum absolute atomic E-state index is 4.90. The van der Waals surface area contributed by atoms with Crippen molar-refractivity contribution in [3.05, 3.63) is 133 Å². The van der Waals surface area contributed by atoms with E-state index < -0.39 is 0 Å². The monoisotopic (exact) mass is 490 g/mol. The summed E-state index contributed by atoms with van der Waals surface area (Å²) >= 11 is 0. The Hall–Kier alpha value is -4.96. The molecule has 182 valence electrons. The fraction of sp³-hybridized carbons (Fsp3) is 0.0588. The summed E-state index contributed by atoms with van der Waals surface area (Å²) in [5.41, 5.74) is 9.55. The number of aromatic nitrogens is 4. The Morgan fingerprint density at radius 2 is 0.895 bits per heavy atom. The summed E-state index contributed by atoms with van der Waals surface area (Å²) in [5.74, 6) is 1.98. The van der Waals surface area contributed by atoms with E-state index in [1.807, 2.05) is 24.4 Å². The number of pyridine rings is 1. The SMILES string of the molecule is Cc1ccc(-c2nc(-c3ccc(C)cc3)nc(-c3cccc(-c4ccc(-c5ccccn5)cc4)c3)n2)cc1. The molecule has 6 aromatic rings. The first-order chi connectivity index (χ1) is 18.6. The van der Waals surface area contributed by atoms with E-state index >= 15 is 0 Å². The van der Waals surface area contributed by atoms with E-state index in [4.69, 9.17) is 15.0 Å². The van der Waals surface area contributed by atoms with Gasteiger partial charge in [-0.05, 0) is 43.2 Å². The van der Waals surface area contributed by atoms with E-state index in [0.29, 0.717) is 17.5 Å². The van der Waals surface area contributed by atoms with Crippen molar-refractivity contribution in [1.82, 2.24) is 19.9 Å². The predicted octanol–water partition coefficient (Wildman–Crippen LogP) is 8.22. The van der Waals surface area contributed by atoms with Crippen LogP contribution in [0.4, 0.5) is 0 Å². The molecule has 0 aliphatic heterocycles. The van der Waals surface area contributed by atoms with Crippen molar-refractivity contribution in [2.45, 2.75) is 13.8 Å². The van der Waals surface area contributed by atoms with Gasteiger partial charge in [0, 0.05) is 28.5 Å². The zero-order valence-electron chi connectivity index (χ0n) is 21.3. The minimum Gasteiger partial charge on any atom is -0.256 e. The summed E-state index contributed by atoms with van der Waals surface area (Å²) < 4.78 is 0. The van der Waals surface area contributed by atoms with Crippen LogP contribution in [0.3, 0.4) is 0 Å². The summed E-state index contributed by atoms with van der Waals surface area (Å²) in [5, 5.41) is 0. The summed E-state index contributed by atoms with van der Waals surface area (Å²) in [7, 11) is 0. The zero-order valence-corrected chi connectivity index (χ0v) is 21.3. The van der Waals surface area contributed by atoms with Crippen LogP contribution in [0.15, 0.2) is 121 Å². The Kier molecular flexibility index (Phi) is 6.29. The summed E-state index contributed by atoms with van der Waals surface area (Å²) in [6, 6.07) is 39.4. The molecule has 4 nitrogen and oxygen atoms in total. The third kappa shape index (κ3) is 4.97. The molecule has 0 aliphatic rings. The lowest BCUT2D eigenvalue weighted by molar-refractivity contribution is 1.07. The Balaban J connectivity index is 1.41. The molecule has 6 rings (SSSR count). The van der Waals surface area contributed by atoms with Gasteiger partial charge in [-0.15, -0.1) is 0 Å². The number of rotatable bonds is 5. The van der Waals surface area contributed by atoms with Gasteiger partial charge in [0.2, 0.25) is 0 Å². The highest BCUT2D eigenvalue weighted by atomic mass is 15.0. The Bertz CT molecular complexity index is 1630. The van der Waals surface area contributed by atoms with Crippen LogP contribution in [-0.4, -0.2) is 19.9 Å². The van der Waals surface area contributed by atoms with Gasteiger partial charge in [-0.1, -0.05) is 108 Å². The third-order valence-electron chi connectivity index (χ3n) is 6.55. The van der Waals surface area contributed by atoms with E-state index in [2.05, 4.69) is 116 Å². The quantitative estimate of drug-likeness (QED) is 0.244. The summed E-state index contributed by atoms with van der Waals surface area (Å²) in [4.78, 5) is 19.1. The highest BCUT2D eigenvalue weighted by Gasteiger charge is 2.13. The maximum Gasteiger partial charge on any atom is 0.164 e. The van der Waals surface area contributed by atoms with Gasteiger partial charge < -0.3 is 0 Å². The van der Waals surface area contributed by atoms with Crippen molar-refractivity contribution in [2.75, 3.05) is 0 Å². The summed E-state index contributed by atoms with van der Waals surface area (Å²) in [6.45, 7) is 4.16. The van der Waals surface area contributed by atoms with Crippen LogP contribution in [-0.2, 0) is 0 Å². The number of hydrogen-bond acceptors (Lipinski definition) is 4. The molecule has 0 fully saturated rings. The van der Waals surface area contributed by atoms with Gasteiger partial charge in [-0.25, -0.2) is 15.0 Å². The van der Waals surface area contributed by atoms with Crippen LogP contribution in [0.5, 0.6) is 0 Å². The molecule has 0 amide bonds. The first-order valence-corrected chi connectivity index (χ1v) is 12.6. The van der Waals surface area contributed by atoms with Crippen molar-refractivity contribution in [2.24, 2.45) is 0 Å². The fourth-order valence-electron chi connectivity index (χ4n) is 4.37. The normalized spacial score (nSPS) is 10.9. The van der Waals surface area contributed by atoms with Gasteiger partial charge in [0.25, 0.3) is 0 Å². The van der Waals surface area contributed by atoms with Gasteiger partial charge >= 0.3 is 0 Å². The molecule has 0 atom stereocenters.